The van der Waals surface area contributed by atoms with Gasteiger partial charge in [-0.1, -0.05) is 36.4 Å². The molecule has 0 aliphatic heterocycles. The van der Waals surface area contributed by atoms with Crippen LogP contribution in [0, 0.1) is 0 Å². The van der Waals surface area contributed by atoms with Crippen LogP contribution in [0.1, 0.15) is 24.8 Å². The van der Waals surface area contributed by atoms with Crippen molar-refractivity contribution in [2.24, 2.45) is 7.05 Å². The van der Waals surface area contributed by atoms with Crippen molar-refractivity contribution >= 4 is 32.6 Å². The van der Waals surface area contributed by atoms with Crippen LogP contribution in [0.4, 0.5) is 0 Å². The Kier molecular flexibility index (Phi) is 4.35. The molecule has 0 bridgehead atoms. The summed E-state index contributed by atoms with van der Waals surface area (Å²) in [4.78, 5) is 0. The summed E-state index contributed by atoms with van der Waals surface area (Å²) in [7, 11) is 2.12. The van der Waals surface area contributed by atoms with E-state index >= 15 is 0 Å². The average molecular weight is 374 g/mol. The third-order valence-corrected chi connectivity index (χ3v) is 6.33. The number of nitrogens with zero attached hydrogens (tertiary/aromatic N) is 1. The van der Waals surface area contributed by atoms with Crippen LogP contribution >= 0.6 is 0 Å². The Morgan fingerprint density at radius 1 is 0.929 bits per heavy atom. The van der Waals surface area contributed by atoms with Gasteiger partial charge in [0.2, 0.25) is 0 Å². The number of hydrogen-bond acceptors (Lipinski definition) is 3. The van der Waals surface area contributed by atoms with Gasteiger partial charge < -0.3 is 20.1 Å². The van der Waals surface area contributed by atoms with Crippen molar-refractivity contribution in [3.05, 3.63) is 60.2 Å². The molecular formula is C24H26N2O2. The smallest absolute Gasteiger partial charge is 0.0718 e. The molecule has 1 aliphatic rings. The molecule has 0 saturated heterocycles. The predicted molar refractivity (Wildman–Crippen MR) is 114 cm³/mol. The lowest BCUT2D eigenvalue weighted by atomic mass is 9.90. The fraction of sp³-hybridized carbons (Fsp3) is 0.333. The zero-order valence-corrected chi connectivity index (χ0v) is 16.1. The maximum atomic E-state index is 10.2. The van der Waals surface area contributed by atoms with Crippen molar-refractivity contribution in [3.8, 4) is 0 Å². The van der Waals surface area contributed by atoms with E-state index in [1.807, 2.05) is 0 Å². The molecule has 1 aliphatic carbocycles. The van der Waals surface area contributed by atoms with Crippen LogP contribution in [0.5, 0.6) is 0 Å². The molecule has 1 aromatic heterocycles. The Morgan fingerprint density at radius 2 is 1.68 bits per heavy atom. The molecule has 4 heteroatoms. The lowest BCUT2D eigenvalue weighted by Gasteiger charge is -2.33. The van der Waals surface area contributed by atoms with E-state index in [1.165, 1.54) is 32.6 Å². The lowest BCUT2D eigenvalue weighted by Crippen LogP contribution is -2.50. The minimum atomic E-state index is -0.478. The average Bonchev–Trinajstić information content (AvgIpc) is 3.00. The third kappa shape index (κ3) is 2.80. The topological polar surface area (TPSA) is 57.4 Å². The van der Waals surface area contributed by atoms with E-state index in [0.29, 0.717) is 6.54 Å². The molecular weight excluding hydrogens is 348 g/mol. The van der Waals surface area contributed by atoms with Crippen molar-refractivity contribution in [2.45, 2.75) is 44.1 Å². The van der Waals surface area contributed by atoms with Gasteiger partial charge in [0, 0.05) is 35.4 Å². The van der Waals surface area contributed by atoms with Gasteiger partial charge >= 0.3 is 0 Å². The summed E-state index contributed by atoms with van der Waals surface area (Å²) in [5.74, 6) is 0. The van der Waals surface area contributed by atoms with Crippen LogP contribution < -0.4 is 5.32 Å². The Bertz CT molecular complexity index is 1150. The normalized spacial score (nSPS) is 23.0. The minimum Gasteiger partial charge on any atom is -0.391 e. The van der Waals surface area contributed by atoms with E-state index in [1.54, 1.807) is 0 Å². The number of benzene rings is 3. The van der Waals surface area contributed by atoms with Crippen LogP contribution in [-0.2, 0) is 13.6 Å². The maximum Gasteiger partial charge on any atom is 0.0718 e. The van der Waals surface area contributed by atoms with Crippen molar-refractivity contribution in [2.75, 3.05) is 0 Å². The minimum absolute atomic E-state index is 0.252. The molecule has 0 spiro atoms. The van der Waals surface area contributed by atoms with Crippen LogP contribution in [0.25, 0.3) is 32.6 Å². The monoisotopic (exact) mass is 374 g/mol. The first kappa shape index (κ1) is 17.7. The largest absolute Gasteiger partial charge is 0.391 e. The first-order valence-electron chi connectivity index (χ1n) is 10.1. The van der Waals surface area contributed by atoms with E-state index in [9.17, 15) is 10.2 Å². The molecule has 0 unspecified atom stereocenters. The van der Waals surface area contributed by atoms with E-state index < -0.39 is 12.2 Å². The molecule has 144 valence electrons. The molecule has 3 N–H and O–H groups in total. The Morgan fingerprint density at radius 3 is 2.50 bits per heavy atom. The number of aliphatic hydroxyl groups is 2. The lowest BCUT2D eigenvalue weighted by molar-refractivity contribution is 0.000878. The first-order chi connectivity index (χ1) is 13.6. The summed E-state index contributed by atoms with van der Waals surface area (Å²) < 4.78 is 2.25. The Labute approximate surface area is 164 Å². The molecule has 1 heterocycles. The number of fused-ring (bicyclic) bond motifs is 5. The zero-order valence-electron chi connectivity index (χ0n) is 16.1. The van der Waals surface area contributed by atoms with E-state index in [-0.39, 0.29) is 6.04 Å². The predicted octanol–water partition coefficient (Wildman–Crippen LogP) is 3.85. The highest BCUT2D eigenvalue weighted by molar-refractivity contribution is 6.20. The summed E-state index contributed by atoms with van der Waals surface area (Å²) in [6.45, 7) is 0.635. The third-order valence-electron chi connectivity index (χ3n) is 6.33. The number of aryl methyl sites for hydroxylation is 1. The van der Waals surface area contributed by atoms with Crippen molar-refractivity contribution < 1.29 is 10.2 Å². The molecule has 4 aromatic rings. The maximum absolute atomic E-state index is 10.2. The van der Waals surface area contributed by atoms with Gasteiger partial charge in [0.25, 0.3) is 0 Å². The molecule has 4 nitrogen and oxygen atoms in total. The summed E-state index contributed by atoms with van der Waals surface area (Å²) >= 11 is 0. The fourth-order valence-corrected chi connectivity index (χ4v) is 4.80. The highest BCUT2D eigenvalue weighted by atomic mass is 16.3. The first-order valence-corrected chi connectivity index (χ1v) is 10.1. The van der Waals surface area contributed by atoms with Gasteiger partial charge in [0.15, 0.2) is 0 Å². The van der Waals surface area contributed by atoms with Gasteiger partial charge in [0.05, 0.1) is 18.2 Å². The number of rotatable bonds is 3. The highest BCUT2D eigenvalue weighted by Gasteiger charge is 2.30. The molecule has 1 saturated carbocycles. The number of nitrogens with one attached hydrogen (secondary N) is 1. The van der Waals surface area contributed by atoms with Gasteiger partial charge in [0.1, 0.15) is 0 Å². The summed E-state index contributed by atoms with van der Waals surface area (Å²) in [6.07, 6.45) is 1.43. The van der Waals surface area contributed by atoms with Gasteiger partial charge in [-0.3, -0.25) is 0 Å². The molecule has 1 fully saturated rings. The van der Waals surface area contributed by atoms with E-state index in [2.05, 4.69) is 71.5 Å². The fourth-order valence-electron chi connectivity index (χ4n) is 4.80. The van der Waals surface area contributed by atoms with Crippen molar-refractivity contribution in [3.63, 3.8) is 0 Å². The molecule has 28 heavy (non-hydrogen) atoms. The standard InChI is InChI=1S/C24H26N2O2/c1-26-19-11-9-15(14-25-24-21(27)7-4-8-22(24)28)13-18(19)23-17-6-3-2-5-16(17)10-12-20(23)26/h2-3,5-6,9-13,21-22,24-25,27-28H,4,7-8,14H2,1H3/t21-,22+,24+. The van der Waals surface area contributed by atoms with Crippen molar-refractivity contribution in [1.82, 2.24) is 9.88 Å². The van der Waals surface area contributed by atoms with Crippen molar-refractivity contribution in [1.29, 1.82) is 0 Å². The number of aromatic nitrogens is 1. The second-order valence-electron chi connectivity index (χ2n) is 8.06. The quantitative estimate of drug-likeness (QED) is 0.511. The number of hydrogen-bond donors (Lipinski definition) is 3. The van der Waals surface area contributed by atoms with Crippen LogP contribution in [0.15, 0.2) is 54.6 Å². The molecule has 0 amide bonds. The summed E-state index contributed by atoms with van der Waals surface area (Å²) in [6, 6.07) is 19.2. The van der Waals surface area contributed by atoms with Gasteiger partial charge in [-0.25, -0.2) is 0 Å². The Balaban J connectivity index is 1.56. The summed E-state index contributed by atoms with van der Waals surface area (Å²) in [5, 5.41) is 28.9. The highest BCUT2D eigenvalue weighted by Crippen LogP contribution is 2.34. The van der Waals surface area contributed by atoms with Gasteiger partial charge in [-0.15, -0.1) is 0 Å². The second-order valence-corrected chi connectivity index (χ2v) is 8.06. The van der Waals surface area contributed by atoms with E-state index in [4.69, 9.17) is 0 Å². The van der Waals surface area contributed by atoms with Gasteiger partial charge in [-0.2, -0.15) is 0 Å². The Hall–Kier alpha value is -2.40. The molecule has 3 aromatic carbocycles. The van der Waals surface area contributed by atoms with Crippen LogP contribution in [0.2, 0.25) is 0 Å². The molecule has 3 atom stereocenters. The molecule has 5 rings (SSSR count). The van der Waals surface area contributed by atoms with Crippen LogP contribution in [-0.4, -0.2) is 33.0 Å². The zero-order chi connectivity index (χ0) is 19.3. The second kappa shape index (κ2) is 6.89. The SMILES string of the molecule is Cn1c2ccc(CN[C@H]3[C@H](O)CCC[C@@H]3O)cc2c2c3ccccc3ccc21. The molecule has 0 radical (unpaired) electrons. The summed E-state index contributed by atoms with van der Waals surface area (Å²) in [5.41, 5.74) is 3.61. The van der Waals surface area contributed by atoms with E-state index in [0.717, 1.165) is 24.8 Å². The van der Waals surface area contributed by atoms with Gasteiger partial charge in [-0.05, 0) is 53.8 Å². The van der Waals surface area contributed by atoms with Crippen LogP contribution in [0.3, 0.4) is 0 Å². The number of aliphatic hydroxyl groups excluding tert-OH is 2.